The number of rotatable bonds is 5. The van der Waals surface area contributed by atoms with E-state index in [2.05, 4.69) is 25.9 Å². The molecule has 4 atom stereocenters. The first-order valence-electron chi connectivity index (χ1n) is 8.04. The van der Waals surface area contributed by atoms with Crippen LogP contribution in [0, 0.1) is 0 Å². The van der Waals surface area contributed by atoms with Gasteiger partial charge in [-0.3, -0.25) is 14.2 Å². The number of amides is 1. The van der Waals surface area contributed by atoms with E-state index in [-0.39, 0.29) is 40.0 Å². The number of aromatic nitrogens is 3. The first-order chi connectivity index (χ1) is 12.8. The van der Waals surface area contributed by atoms with E-state index in [0.29, 0.717) is 0 Å². The highest BCUT2D eigenvalue weighted by molar-refractivity contribution is 9.10. The molecule has 0 spiro atoms. The standard InChI is InChI=1S/C15H18BrN5O6/c1-2-6(22)26-3-5-9(23)10(24)15(27-5)21-11(16)7(13(18)25)8-12(17)19-4-20-14(8)21/h4-5,9-10,15,23-24H,2-3H2,1H3,(H2,18,25)(H2,17,19,20)/t5-,9+,10-,15-/m0/s1. The second kappa shape index (κ2) is 7.38. The van der Waals surface area contributed by atoms with Gasteiger partial charge in [0.15, 0.2) is 6.23 Å². The summed E-state index contributed by atoms with van der Waals surface area (Å²) in [6, 6.07) is 0. The summed E-state index contributed by atoms with van der Waals surface area (Å²) in [5.41, 5.74) is 11.5. The van der Waals surface area contributed by atoms with Crippen LogP contribution in [0.15, 0.2) is 10.9 Å². The van der Waals surface area contributed by atoms with Crippen LogP contribution in [0.3, 0.4) is 0 Å². The summed E-state index contributed by atoms with van der Waals surface area (Å²) >= 11 is 3.26. The normalized spacial score (nSPS) is 25.0. The fraction of sp³-hybridized carbons (Fsp3) is 0.467. The quantitative estimate of drug-likeness (QED) is 0.441. The minimum Gasteiger partial charge on any atom is -0.463 e. The SMILES string of the molecule is CCC(=O)OC[C@@H]1O[C@H](n2c(Br)c(C(N)=O)c3c(N)ncnc32)[C@@H](O)[C@@H]1O. The van der Waals surface area contributed by atoms with E-state index in [1.807, 2.05) is 0 Å². The molecule has 0 unspecified atom stereocenters. The number of primary amides is 1. The summed E-state index contributed by atoms with van der Waals surface area (Å²) < 4.78 is 12.2. The Balaban J connectivity index is 2.03. The lowest BCUT2D eigenvalue weighted by Crippen LogP contribution is -2.34. The van der Waals surface area contributed by atoms with Crippen molar-refractivity contribution in [1.29, 1.82) is 0 Å². The van der Waals surface area contributed by atoms with Gasteiger partial charge in [0.1, 0.15) is 47.3 Å². The predicted molar refractivity (Wildman–Crippen MR) is 95.3 cm³/mol. The van der Waals surface area contributed by atoms with Crippen LogP contribution in [0.5, 0.6) is 0 Å². The average molecular weight is 444 g/mol. The van der Waals surface area contributed by atoms with E-state index >= 15 is 0 Å². The fourth-order valence-electron chi connectivity index (χ4n) is 2.94. The topological polar surface area (TPSA) is 176 Å². The summed E-state index contributed by atoms with van der Waals surface area (Å²) in [5, 5.41) is 20.9. The van der Waals surface area contributed by atoms with E-state index < -0.39 is 36.4 Å². The maximum atomic E-state index is 11.9. The summed E-state index contributed by atoms with van der Waals surface area (Å²) in [7, 11) is 0. The lowest BCUT2D eigenvalue weighted by Gasteiger charge is -2.18. The summed E-state index contributed by atoms with van der Waals surface area (Å²) in [5.74, 6) is -1.23. The van der Waals surface area contributed by atoms with Gasteiger partial charge < -0.3 is 31.2 Å². The number of hydrogen-bond donors (Lipinski definition) is 4. The molecular formula is C15H18BrN5O6. The highest BCUT2D eigenvalue weighted by Crippen LogP contribution is 2.39. The number of ether oxygens (including phenoxy) is 2. The summed E-state index contributed by atoms with van der Waals surface area (Å²) in [4.78, 5) is 31.2. The van der Waals surface area contributed by atoms with Gasteiger partial charge in [0.05, 0.1) is 10.9 Å². The summed E-state index contributed by atoms with van der Waals surface area (Å²) in [6.45, 7) is 1.39. The molecule has 1 aliphatic rings. The van der Waals surface area contributed by atoms with Crippen molar-refractivity contribution in [2.75, 3.05) is 12.3 Å². The lowest BCUT2D eigenvalue weighted by molar-refractivity contribution is -0.149. The number of aliphatic hydroxyl groups is 2. The number of nitrogens with zero attached hydrogens (tertiary/aromatic N) is 3. The zero-order valence-corrected chi connectivity index (χ0v) is 15.8. The van der Waals surface area contributed by atoms with Crippen molar-refractivity contribution in [3.05, 3.63) is 16.5 Å². The number of anilines is 1. The number of carbonyl (C=O) groups is 2. The number of esters is 1. The third-order valence-corrected chi connectivity index (χ3v) is 5.07. The third kappa shape index (κ3) is 3.25. The second-order valence-corrected chi connectivity index (χ2v) is 6.69. The molecule has 1 amide bonds. The number of fused-ring (bicyclic) bond motifs is 1. The van der Waals surface area contributed by atoms with E-state index in [1.54, 1.807) is 6.92 Å². The largest absolute Gasteiger partial charge is 0.463 e. The predicted octanol–water partition coefficient (Wildman–Crippen LogP) is -0.553. The Hall–Kier alpha value is -2.28. The fourth-order valence-corrected chi connectivity index (χ4v) is 3.71. The molecule has 146 valence electrons. The Kier molecular flexibility index (Phi) is 5.33. The van der Waals surface area contributed by atoms with Crippen LogP contribution in [-0.4, -0.2) is 61.5 Å². The molecule has 27 heavy (non-hydrogen) atoms. The van der Waals surface area contributed by atoms with Crippen molar-refractivity contribution >= 4 is 44.7 Å². The zero-order valence-electron chi connectivity index (χ0n) is 14.2. The van der Waals surface area contributed by atoms with E-state index in [4.69, 9.17) is 20.9 Å². The molecule has 1 fully saturated rings. The number of nitrogen functional groups attached to an aromatic ring is 1. The Morgan fingerprint density at radius 2 is 2.07 bits per heavy atom. The van der Waals surface area contributed by atoms with Gasteiger partial charge in [-0.1, -0.05) is 6.92 Å². The Morgan fingerprint density at radius 1 is 1.37 bits per heavy atom. The van der Waals surface area contributed by atoms with Crippen LogP contribution in [0.25, 0.3) is 11.0 Å². The van der Waals surface area contributed by atoms with Gasteiger partial charge in [0.2, 0.25) is 0 Å². The third-order valence-electron chi connectivity index (χ3n) is 4.29. The Bertz CT molecular complexity index is 902. The van der Waals surface area contributed by atoms with E-state index in [0.717, 1.165) is 0 Å². The maximum Gasteiger partial charge on any atom is 0.305 e. The molecule has 2 aromatic heterocycles. The molecule has 0 aliphatic carbocycles. The smallest absolute Gasteiger partial charge is 0.305 e. The maximum absolute atomic E-state index is 11.9. The molecule has 0 radical (unpaired) electrons. The van der Waals surface area contributed by atoms with Gasteiger partial charge in [-0.05, 0) is 15.9 Å². The highest BCUT2D eigenvalue weighted by Gasteiger charge is 2.46. The molecule has 3 rings (SSSR count). The highest BCUT2D eigenvalue weighted by atomic mass is 79.9. The number of halogens is 1. The number of carbonyl (C=O) groups excluding carboxylic acids is 2. The van der Waals surface area contributed by atoms with Gasteiger partial charge in [-0.2, -0.15) is 0 Å². The second-order valence-electron chi connectivity index (χ2n) is 5.94. The molecule has 0 aromatic carbocycles. The molecule has 1 aliphatic heterocycles. The van der Waals surface area contributed by atoms with Gasteiger partial charge >= 0.3 is 5.97 Å². The van der Waals surface area contributed by atoms with Crippen LogP contribution >= 0.6 is 15.9 Å². The van der Waals surface area contributed by atoms with Crippen molar-refractivity contribution in [2.24, 2.45) is 5.73 Å². The van der Waals surface area contributed by atoms with E-state index in [9.17, 15) is 19.8 Å². The molecule has 0 saturated carbocycles. The van der Waals surface area contributed by atoms with Crippen molar-refractivity contribution in [2.45, 2.75) is 37.9 Å². The van der Waals surface area contributed by atoms with Crippen molar-refractivity contribution in [3.8, 4) is 0 Å². The van der Waals surface area contributed by atoms with Gasteiger partial charge in [0, 0.05) is 6.42 Å². The molecule has 0 bridgehead atoms. The number of aliphatic hydroxyl groups excluding tert-OH is 2. The molecule has 1 saturated heterocycles. The summed E-state index contributed by atoms with van der Waals surface area (Å²) in [6.07, 6.45) is -3.48. The van der Waals surface area contributed by atoms with Gasteiger partial charge in [-0.15, -0.1) is 0 Å². The van der Waals surface area contributed by atoms with Crippen LogP contribution in [0.4, 0.5) is 5.82 Å². The van der Waals surface area contributed by atoms with Crippen molar-refractivity contribution in [1.82, 2.24) is 14.5 Å². The number of nitrogens with two attached hydrogens (primary N) is 2. The van der Waals surface area contributed by atoms with Gasteiger partial charge in [-0.25, -0.2) is 9.97 Å². The first kappa shape index (κ1) is 19.5. The minimum atomic E-state index is -1.39. The molecule has 12 heteroatoms. The van der Waals surface area contributed by atoms with E-state index in [1.165, 1.54) is 10.9 Å². The minimum absolute atomic E-state index is 0.0225. The van der Waals surface area contributed by atoms with Gasteiger partial charge in [0.25, 0.3) is 5.91 Å². The number of hydrogen-bond acceptors (Lipinski definition) is 9. The van der Waals surface area contributed by atoms with Crippen LogP contribution in [0.1, 0.15) is 29.9 Å². The first-order valence-corrected chi connectivity index (χ1v) is 8.84. The van der Waals surface area contributed by atoms with Crippen molar-refractivity contribution in [3.63, 3.8) is 0 Å². The monoisotopic (exact) mass is 443 g/mol. The molecule has 2 aromatic rings. The van der Waals surface area contributed by atoms with Crippen molar-refractivity contribution < 1.29 is 29.3 Å². The lowest BCUT2D eigenvalue weighted by atomic mass is 10.1. The molecular weight excluding hydrogens is 426 g/mol. The molecule has 6 N–H and O–H groups in total. The molecule has 11 nitrogen and oxygen atoms in total. The average Bonchev–Trinajstić information content (AvgIpc) is 3.08. The zero-order chi connectivity index (χ0) is 19.9. The Morgan fingerprint density at radius 3 is 2.70 bits per heavy atom. The van der Waals surface area contributed by atoms with Crippen LogP contribution < -0.4 is 11.5 Å². The van der Waals surface area contributed by atoms with Crippen LogP contribution in [0.2, 0.25) is 0 Å². The Labute approximate surface area is 161 Å². The molecule has 3 heterocycles. The van der Waals surface area contributed by atoms with Crippen LogP contribution in [-0.2, 0) is 14.3 Å².